The molecule has 0 radical (unpaired) electrons. The number of thiazole rings is 1. The number of benzene rings is 2. The molecule has 1 unspecified atom stereocenters. The summed E-state index contributed by atoms with van der Waals surface area (Å²) in [4.78, 5) is 17.5. The van der Waals surface area contributed by atoms with E-state index in [1.165, 1.54) is 31.3 Å². The first-order chi connectivity index (χ1) is 12.6. The molecule has 1 N–H and O–H groups in total. The second-order valence-corrected chi connectivity index (χ2v) is 9.32. The average molecular weight is 426 g/mol. The number of rotatable bonds is 4. The number of aromatic nitrogens is 1. The van der Waals surface area contributed by atoms with Crippen molar-refractivity contribution in [1.82, 2.24) is 4.98 Å². The average Bonchev–Trinajstić information content (AvgIpc) is 2.93. The highest BCUT2D eigenvalue weighted by Gasteiger charge is 2.08. The molecule has 0 fully saturated rings. The molecule has 0 spiro atoms. The number of halogens is 2. The van der Waals surface area contributed by atoms with E-state index >= 15 is 0 Å². The van der Waals surface area contributed by atoms with Gasteiger partial charge in [-0.15, -0.1) is 23.1 Å². The Bertz CT molecular complexity index is 902. The molecule has 8 heteroatoms. The number of fused-ring (bicyclic) bond motifs is 1. The van der Waals surface area contributed by atoms with Gasteiger partial charge in [0, 0.05) is 17.5 Å². The molecule has 3 aromatic rings. The Morgan fingerprint density at radius 1 is 1.22 bits per heavy atom. The van der Waals surface area contributed by atoms with Crippen LogP contribution in [-0.4, -0.2) is 22.3 Å². The third-order valence-corrected chi connectivity index (χ3v) is 5.12. The van der Waals surface area contributed by atoms with E-state index in [9.17, 15) is 13.6 Å². The van der Waals surface area contributed by atoms with Gasteiger partial charge in [0.1, 0.15) is 0 Å². The van der Waals surface area contributed by atoms with E-state index in [-0.39, 0.29) is 5.91 Å². The minimum absolute atomic E-state index is 0.00316. The van der Waals surface area contributed by atoms with Crippen molar-refractivity contribution in [3.05, 3.63) is 53.0 Å². The van der Waals surface area contributed by atoms with E-state index < -0.39 is 5.66 Å². The van der Waals surface area contributed by atoms with Gasteiger partial charge < -0.3 is 5.32 Å². The monoisotopic (exact) mass is 426 g/mol. The van der Waals surface area contributed by atoms with Gasteiger partial charge in [-0.05, 0) is 44.2 Å². The number of nitrogens with one attached hydrogen (secondary N) is 1. The number of anilines is 1. The minimum atomic E-state index is -2.58. The summed E-state index contributed by atoms with van der Waals surface area (Å²) in [5.41, 5.74) is 0.437. The normalized spacial score (nSPS) is 11.0. The molecule has 0 aliphatic carbocycles. The van der Waals surface area contributed by atoms with E-state index in [0.29, 0.717) is 5.75 Å². The number of hydrogen-bond donors (Lipinski definition) is 1. The first-order valence-corrected chi connectivity index (χ1v) is 10.5. The lowest BCUT2D eigenvalue weighted by Crippen LogP contribution is -2.13. The van der Waals surface area contributed by atoms with Crippen molar-refractivity contribution in [1.29, 1.82) is 0 Å². The van der Waals surface area contributed by atoms with E-state index in [2.05, 4.69) is 16.4 Å². The van der Waals surface area contributed by atoms with Gasteiger partial charge >= 0.3 is 0 Å². The standard InChI is InChI=1S/C17H16N2OS2.C2H5F2P/c1-11-3-5-13(6-4-11)19-17(20)10-21-14-7-8-16-15(9-14)18-12(2)22-16;1-2(3,4)5/h3-9H,10H2,1-2H3,(H,19,20);5H2,1H3. The Hall–Kier alpha value is -1.56. The summed E-state index contributed by atoms with van der Waals surface area (Å²) in [7, 11) is 1.38. The third-order valence-electron chi connectivity index (χ3n) is 3.17. The molecule has 3 rings (SSSR count). The van der Waals surface area contributed by atoms with Crippen molar-refractivity contribution in [3.63, 3.8) is 0 Å². The Labute approximate surface area is 168 Å². The molecule has 0 bridgehead atoms. The Morgan fingerprint density at radius 3 is 2.48 bits per heavy atom. The molecule has 0 saturated carbocycles. The highest BCUT2D eigenvalue weighted by atomic mass is 32.2. The van der Waals surface area contributed by atoms with Gasteiger partial charge in [-0.1, -0.05) is 26.9 Å². The summed E-state index contributed by atoms with van der Waals surface area (Å²) in [6.07, 6.45) is 0. The molecule has 144 valence electrons. The molecule has 3 nitrogen and oxygen atoms in total. The summed E-state index contributed by atoms with van der Waals surface area (Å²) >= 11 is 3.22. The number of aryl methyl sites for hydroxylation is 2. The summed E-state index contributed by atoms with van der Waals surface area (Å²) in [5, 5.41) is 3.97. The van der Waals surface area contributed by atoms with Crippen LogP contribution in [0.4, 0.5) is 14.5 Å². The highest BCUT2D eigenvalue weighted by molar-refractivity contribution is 8.00. The van der Waals surface area contributed by atoms with Gasteiger partial charge in [0.15, 0.2) is 0 Å². The molecule has 2 aromatic carbocycles. The molecular formula is C19H21F2N2OPS2. The number of carbonyl (C=O) groups excluding carboxylic acids is 1. The Morgan fingerprint density at radius 2 is 1.85 bits per heavy atom. The fraction of sp³-hybridized carbons (Fsp3) is 0.263. The van der Waals surface area contributed by atoms with Crippen LogP contribution in [0, 0.1) is 13.8 Å². The fourth-order valence-corrected chi connectivity index (χ4v) is 3.63. The summed E-state index contributed by atoms with van der Waals surface area (Å²) in [5.74, 6) is 0.395. The number of alkyl halides is 2. The van der Waals surface area contributed by atoms with E-state index in [1.807, 2.05) is 50.2 Å². The summed E-state index contributed by atoms with van der Waals surface area (Å²) in [6, 6.07) is 14.0. The molecule has 0 aliphatic heterocycles. The predicted molar refractivity (Wildman–Crippen MR) is 115 cm³/mol. The second kappa shape index (κ2) is 9.58. The van der Waals surface area contributed by atoms with Crippen LogP contribution in [0.3, 0.4) is 0 Å². The molecule has 0 saturated heterocycles. The van der Waals surface area contributed by atoms with Crippen LogP contribution in [0.2, 0.25) is 0 Å². The zero-order valence-corrected chi connectivity index (χ0v) is 18.0. The van der Waals surface area contributed by atoms with Gasteiger partial charge in [-0.2, -0.15) is 0 Å². The van der Waals surface area contributed by atoms with Crippen molar-refractivity contribution < 1.29 is 13.6 Å². The Kier molecular flexibility index (Phi) is 7.71. The molecule has 1 aromatic heterocycles. The number of hydrogen-bond acceptors (Lipinski definition) is 4. The van der Waals surface area contributed by atoms with Crippen LogP contribution in [0.5, 0.6) is 0 Å². The number of carbonyl (C=O) groups is 1. The van der Waals surface area contributed by atoms with Crippen molar-refractivity contribution in [2.45, 2.75) is 31.3 Å². The maximum atomic E-state index is 12.0. The van der Waals surface area contributed by atoms with Gasteiger partial charge in [-0.25, -0.2) is 13.8 Å². The maximum Gasteiger partial charge on any atom is 0.256 e. The van der Waals surface area contributed by atoms with Crippen molar-refractivity contribution in [2.75, 3.05) is 11.1 Å². The smallest absolute Gasteiger partial charge is 0.256 e. The van der Waals surface area contributed by atoms with Gasteiger partial charge in [0.25, 0.3) is 5.66 Å². The molecule has 1 amide bonds. The van der Waals surface area contributed by atoms with Crippen LogP contribution in [0.1, 0.15) is 17.5 Å². The SMILES string of the molecule is CC(F)(F)P.Cc1ccc(NC(=O)CSc2ccc3sc(C)nc3c2)cc1. The number of thioether (sulfide) groups is 1. The topological polar surface area (TPSA) is 42.0 Å². The highest BCUT2D eigenvalue weighted by Crippen LogP contribution is 2.27. The van der Waals surface area contributed by atoms with Crippen molar-refractivity contribution in [2.24, 2.45) is 0 Å². The molecule has 27 heavy (non-hydrogen) atoms. The van der Waals surface area contributed by atoms with E-state index in [0.717, 1.165) is 28.0 Å². The number of nitrogens with zero attached hydrogens (tertiary/aromatic N) is 1. The van der Waals surface area contributed by atoms with E-state index in [4.69, 9.17) is 0 Å². The molecule has 0 aliphatic rings. The quantitative estimate of drug-likeness (QED) is 0.404. The molecule has 1 atom stereocenters. The molecular weight excluding hydrogens is 405 g/mol. The van der Waals surface area contributed by atoms with Crippen LogP contribution < -0.4 is 5.32 Å². The maximum absolute atomic E-state index is 12.0. The lowest BCUT2D eigenvalue weighted by molar-refractivity contribution is -0.113. The zero-order chi connectivity index (χ0) is 20.0. The summed E-state index contributed by atoms with van der Waals surface area (Å²) in [6.45, 7) is 4.85. The van der Waals surface area contributed by atoms with Crippen LogP contribution in [0.25, 0.3) is 10.2 Å². The van der Waals surface area contributed by atoms with Crippen molar-refractivity contribution in [3.8, 4) is 0 Å². The fourth-order valence-electron chi connectivity index (χ4n) is 2.10. The summed E-state index contributed by atoms with van der Waals surface area (Å²) < 4.78 is 23.2. The second-order valence-electron chi connectivity index (χ2n) is 6.02. The van der Waals surface area contributed by atoms with Crippen LogP contribution >= 0.6 is 32.3 Å². The lowest BCUT2D eigenvalue weighted by Gasteiger charge is -2.05. The van der Waals surface area contributed by atoms with Gasteiger partial charge in [-0.3, -0.25) is 4.79 Å². The first-order valence-electron chi connectivity index (χ1n) is 8.13. The number of amides is 1. The minimum Gasteiger partial charge on any atom is -0.325 e. The van der Waals surface area contributed by atoms with Gasteiger partial charge in [0.05, 0.1) is 21.0 Å². The van der Waals surface area contributed by atoms with Crippen LogP contribution in [0.15, 0.2) is 47.4 Å². The van der Waals surface area contributed by atoms with E-state index in [1.54, 1.807) is 11.3 Å². The third kappa shape index (κ3) is 8.33. The van der Waals surface area contributed by atoms with Gasteiger partial charge in [0.2, 0.25) is 5.91 Å². The van der Waals surface area contributed by atoms with Crippen LogP contribution in [-0.2, 0) is 4.79 Å². The molecule has 1 heterocycles. The zero-order valence-electron chi connectivity index (χ0n) is 15.3. The van der Waals surface area contributed by atoms with Crippen molar-refractivity contribution >= 4 is 54.1 Å². The lowest BCUT2D eigenvalue weighted by atomic mass is 10.2. The first kappa shape index (κ1) is 21.7. The Balaban J connectivity index is 0.000000465. The predicted octanol–water partition coefficient (Wildman–Crippen LogP) is 6.12. The largest absolute Gasteiger partial charge is 0.325 e.